The number of hydrogen-bond donors (Lipinski definition) is 1. The van der Waals surface area contributed by atoms with Crippen molar-refractivity contribution in [1.82, 2.24) is 9.58 Å². The van der Waals surface area contributed by atoms with E-state index in [1.807, 2.05) is 4.68 Å². The smallest absolute Gasteiger partial charge is 0.226 e. The van der Waals surface area contributed by atoms with Crippen molar-refractivity contribution in [1.29, 1.82) is 0 Å². The summed E-state index contributed by atoms with van der Waals surface area (Å²) in [5, 5.41) is 1.41. The highest BCUT2D eigenvalue weighted by atomic mass is 16.1. The van der Waals surface area contributed by atoms with Gasteiger partial charge in [-0.05, 0) is 62.4 Å². The molecule has 2 heterocycles. The van der Waals surface area contributed by atoms with E-state index < -0.39 is 0 Å². The molecule has 2 aromatic rings. The van der Waals surface area contributed by atoms with Gasteiger partial charge in [0.05, 0.1) is 5.52 Å². The van der Waals surface area contributed by atoms with Crippen LogP contribution in [0.15, 0.2) is 18.2 Å². The Morgan fingerprint density at radius 1 is 1.33 bits per heavy atom. The fraction of sp³-hybridized carbons (Fsp3) is 0.550. The minimum atomic E-state index is 0.620. The number of aromatic nitrogens is 1. The van der Waals surface area contributed by atoms with E-state index in [2.05, 4.69) is 42.4 Å². The summed E-state index contributed by atoms with van der Waals surface area (Å²) in [5.41, 5.74) is 8.31. The first kappa shape index (κ1) is 15.7. The summed E-state index contributed by atoms with van der Waals surface area (Å²) >= 11 is 0. The summed E-state index contributed by atoms with van der Waals surface area (Å²) in [7, 11) is 0. The molecule has 4 rings (SSSR count). The van der Waals surface area contributed by atoms with Crippen molar-refractivity contribution in [3.63, 3.8) is 0 Å². The predicted octanol–water partition coefficient (Wildman–Crippen LogP) is 3.42. The van der Waals surface area contributed by atoms with Crippen LogP contribution >= 0.6 is 0 Å². The molecule has 2 atom stereocenters. The number of likely N-dealkylation sites (tertiary alicyclic amines) is 1. The number of nitrogens with zero attached hydrogens (tertiary/aromatic N) is 2. The van der Waals surface area contributed by atoms with E-state index in [9.17, 15) is 4.79 Å². The normalized spacial score (nSPS) is 23.2. The van der Waals surface area contributed by atoms with Crippen molar-refractivity contribution in [2.75, 3.05) is 18.5 Å². The Labute approximate surface area is 143 Å². The lowest BCUT2D eigenvalue weighted by Gasteiger charge is -2.44. The maximum absolute atomic E-state index is 11.1. The molecule has 0 spiro atoms. The molecule has 4 heteroatoms. The topological polar surface area (TPSA) is 37.3 Å². The zero-order valence-electron chi connectivity index (χ0n) is 14.7. The first-order valence-corrected chi connectivity index (χ1v) is 9.39. The third kappa shape index (κ3) is 2.20. The Hall–Kier alpha value is -1.81. The van der Waals surface area contributed by atoms with Gasteiger partial charge in [0, 0.05) is 23.0 Å². The second-order valence-corrected chi connectivity index (χ2v) is 7.16. The number of benzene rings is 1. The fourth-order valence-electron chi connectivity index (χ4n) is 5.13. The Morgan fingerprint density at radius 3 is 2.96 bits per heavy atom. The molecule has 0 radical (unpaired) electrons. The van der Waals surface area contributed by atoms with E-state index in [1.165, 1.54) is 54.6 Å². The van der Waals surface area contributed by atoms with E-state index >= 15 is 0 Å². The molecule has 0 bridgehead atoms. The van der Waals surface area contributed by atoms with Gasteiger partial charge in [0.25, 0.3) is 0 Å². The summed E-state index contributed by atoms with van der Waals surface area (Å²) < 4.78 is 2.02. The minimum Gasteiger partial charge on any atom is -0.299 e. The molecular weight excluding hydrogens is 298 g/mol. The van der Waals surface area contributed by atoms with Gasteiger partial charge in [0.1, 0.15) is 0 Å². The average Bonchev–Trinajstić information content (AvgIpc) is 2.91. The molecule has 0 saturated carbocycles. The number of carbonyl (C=O) groups is 1. The van der Waals surface area contributed by atoms with Crippen molar-refractivity contribution < 1.29 is 4.79 Å². The van der Waals surface area contributed by atoms with E-state index in [0.29, 0.717) is 12.0 Å². The fourth-order valence-corrected chi connectivity index (χ4v) is 5.13. The predicted molar refractivity (Wildman–Crippen MR) is 98.1 cm³/mol. The molecule has 0 unspecified atom stereocenters. The van der Waals surface area contributed by atoms with Gasteiger partial charge >= 0.3 is 0 Å². The van der Waals surface area contributed by atoms with Gasteiger partial charge in [-0.15, -0.1) is 0 Å². The second-order valence-electron chi connectivity index (χ2n) is 7.16. The van der Waals surface area contributed by atoms with Crippen LogP contribution in [0.2, 0.25) is 0 Å². The maximum atomic E-state index is 11.1. The Bertz CT molecular complexity index is 762. The Morgan fingerprint density at radius 2 is 2.21 bits per heavy atom. The van der Waals surface area contributed by atoms with Crippen LogP contribution in [0.5, 0.6) is 0 Å². The van der Waals surface area contributed by atoms with Crippen LogP contribution in [0, 0.1) is 0 Å². The van der Waals surface area contributed by atoms with Gasteiger partial charge < -0.3 is 0 Å². The summed E-state index contributed by atoms with van der Waals surface area (Å²) in [4.78, 5) is 13.8. The van der Waals surface area contributed by atoms with Gasteiger partial charge in [-0.25, -0.2) is 0 Å². The van der Waals surface area contributed by atoms with Crippen LogP contribution in [-0.4, -0.2) is 35.1 Å². The van der Waals surface area contributed by atoms with Crippen molar-refractivity contribution in [3.05, 3.63) is 35.0 Å². The lowest BCUT2D eigenvalue weighted by atomic mass is 9.74. The van der Waals surface area contributed by atoms with Gasteiger partial charge in [-0.3, -0.25) is 19.8 Å². The molecule has 1 fully saturated rings. The molecule has 1 aromatic heterocycles. The van der Waals surface area contributed by atoms with Crippen LogP contribution < -0.4 is 5.43 Å². The van der Waals surface area contributed by atoms with Crippen LogP contribution in [-0.2, 0) is 17.6 Å². The van der Waals surface area contributed by atoms with Crippen molar-refractivity contribution in [3.8, 4) is 0 Å². The minimum absolute atomic E-state index is 0.620. The number of fused-ring (bicyclic) bond motifs is 2. The molecule has 4 nitrogen and oxygen atoms in total. The highest BCUT2D eigenvalue weighted by Gasteiger charge is 2.38. The molecule has 2 aliphatic rings. The summed E-state index contributed by atoms with van der Waals surface area (Å²) in [5.74, 6) is 0.637. The highest BCUT2D eigenvalue weighted by molar-refractivity contribution is 5.91. The van der Waals surface area contributed by atoms with Gasteiger partial charge in [-0.1, -0.05) is 26.0 Å². The van der Waals surface area contributed by atoms with Crippen molar-refractivity contribution in [2.45, 2.75) is 57.9 Å². The molecule has 1 aliphatic carbocycles. The first-order valence-electron chi connectivity index (χ1n) is 9.39. The number of nitrogens with one attached hydrogen (secondary N) is 1. The number of piperidine rings is 1. The molecule has 1 amide bonds. The lowest BCUT2D eigenvalue weighted by molar-refractivity contribution is -0.106. The summed E-state index contributed by atoms with van der Waals surface area (Å²) in [6.07, 6.45) is 6.65. The van der Waals surface area contributed by atoms with E-state index in [1.54, 1.807) is 0 Å². The second kappa shape index (κ2) is 6.25. The number of carbonyl (C=O) groups excluding carboxylic acids is 1. The van der Waals surface area contributed by atoms with Crippen molar-refractivity contribution in [2.24, 2.45) is 0 Å². The third-order valence-corrected chi connectivity index (χ3v) is 5.97. The third-order valence-electron chi connectivity index (χ3n) is 5.97. The molecule has 1 aliphatic heterocycles. The Kier molecular flexibility index (Phi) is 4.09. The number of hydrogen-bond acceptors (Lipinski definition) is 2. The molecular formula is C20H27N3O. The average molecular weight is 325 g/mol. The first-order chi connectivity index (χ1) is 11.8. The van der Waals surface area contributed by atoms with Gasteiger partial charge in [0.15, 0.2) is 0 Å². The van der Waals surface area contributed by atoms with Gasteiger partial charge in [-0.2, -0.15) is 0 Å². The van der Waals surface area contributed by atoms with Crippen LogP contribution in [0.3, 0.4) is 0 Å². The van der Waals surface area contributed by atoms with E-state index in [4.69, 9.17) is 0 Å². The lowest BCUT2D eigenvalue weighted by Crippen LogP contribution is -2.47. The molecule has 128 valence electrons. The Balaban J connectivity index is 1.90. The van der Waals surface area contributed by atoms with Crippen LogP contribution in [0.1, 0.15) is 55.8 Å². The van der Waals surface area contributed by atoms with E-state index in [-0.39, 0.29) is 0 Å². The number of rotatable bonds is 5. The van der Waals surface area contributed by atoms with Crippen LogP contribution in [0.25, 0.3) is 10.9 Å². The van der Waals surface area contributed by atoms with E-state index in [0.717, 1.165) is 24.8 Å². The molecule has 1 N–H and O–H groups in total. The highest BCUT2D eigenvalue weighted by Crippen LogP contribution is 2.45. The summed E-state index contributed by atoms with van der Waals surface area (Å²) in [6.45, 7) is 6.89. The zero-order valence-corrected chi connectivity index (χ0v) is 14.7. The number of amides is 1. The molecule has 1 saturated heterocycles. The largest absolute Gasteiger partial charge is 0.299 e. The van der Waals surface area contributed by atoms with Crippen molar-refractivity contribution >= 4 is 17.3 Å². The van der Waals surface area contributed by atoms with Crippen LogP contribution in [0.4, 0.5) is 0 Å². The molecule has 1 aromatic carbocycles. The monoisotopic (exact) mass is 325 g/mol. The summed E-state index contributed by atoms with van der Waals surface area (Å²) in [6, 6.07) is 7.24. The maximum Gasteiger partial charge on any atom is 0.226 e. The SMILES string of the molecule is CCCN1CCC[C@@H]2c3cccc4c3c(c(CC)n4NC=O)C[C@H]21. The zero-order chi connectivity index (χ0) is 16.7. The standard InChI is InChI=1S/C20H27N3O/c1-3-10-22-11-6-8-14-15-7-5-9-18-20(15)16(12-19(14)22)17(4-2)23(18)21-13-24/h5,7,9,13-14,19H,3-4,6,8,10-12H2,1-2H3,(H,21,24)/t14-,19-/m1/s1. The molecule has 24 heavy (non-hydrogen) atoms. The van der Waals surface area contributed by atoms with Gasteiger partial charge in [0.2, 0.25) is 6.41 Å². The quantitative estimate of drug-likeness (QED) is 0.855.